The Hall–Kier alpha value is -3.03. The zero-order valence-corrected chi connectivity index (χ0v) is 19.2. The van der Waals surface area contributed by atoms with E-state index in [1.54, 1.807) is 43.4 Å². The van der Waals surface area contributed by atoms with E-state index in [-0.39, 0.29) is 11.9 Å². The van der Waals surface area contributed by atoms with Crippen molar-refractivity contribution in [3.8, 4) is 11.5 Å². The molecule has 1 saturated heterocycles. The molecule has 0 N–H and O–H groups in total. The summed E-state index contributed by atoms with van der Waals surface area (Å²) in [6.45, 7) is 2.01. The summed E-state index contributed by atoms with van der Waals surface area (Å²) < 4.78 is 15.6. The van der Waals surface area contributed by atoms with Crippen LogP contribution in [-0.4, -0.2) is 69.2 Å². The largest absolute Gasteiger partial charge is 0.497 e. The fraction of sp³-hybridized carbons (Fsp3) is 0.333. The van der Waals surface area contributed by atoms with E-state index >= 15 is 0 Å². The van der Waals surface area contributed by atoms with Crippen LogP contribution in [-0.2, 0) is 14.3 Å². The van der Waals surface area contributed by atoms with Crippen LogP contribution in [0.5, 0.6) is 11.5 Å². The van der Waals surface area contributed by atoms with Gasteiger partial charge in [0.2, 0.25) is 5.91 Å². The van der Waals surface area contributed by atoms with Crippen LogP contribution in [0.3, 0.4) is 0 Å². The van der Waals surface area contributed by atoms with E-state index in [1.165, 1.54) is 13.2 Å². The fourth-order valence-corrected chi connectivity index (χ4v) is 3.96. The average molecular weight is 459 g/mol. The van der Waals surface area contributed by atoms with Crippen molar-refractivity contribution in [2.75, 3.05) is 47.5 Å². The molecule has 7 nitrogen and oxygen atoms in total. The summed E-state index contributed by atoms with van der Waals surface area (Å²) in [7, 11) is 4.53. The molecular weight excluding hydrogens is 432 g/mol. The molecule has 3 rings (SSSR count). The first-order valence-corrected chi connectivity index (χ1v) is 10.6. The van der Waals surface area contributed by atoms with Gasteiger partial charge in [0.25, 0.3) is 0 Å². The van der Waals surface area contributed by atoms with Crippen LogP contribution in [0.2, 0.25) is 5.02 Å². The zero-order valence-electron chi connectivity index (χ0n) is 18.4. The maximum absolute atomic E-state index is 12.8. The lowest BCUT2D eigenvalue weighted by molar-refractivity contribution is -0.148. The van der Waals surface area contributed by atoms with Crippen LogP contribution < -0.4 is 9.47 Å². The quantitative estimate of drug-likeness (QED) is 0.467. The number of carbonyl (C=O) groups excluding carboxylic acids is 2. The molecule has 0 radical (unpaired) electrons. The van der Waals surface area contributed by atoms with Gasteiger partial charge in [-0.2, -0.15) is 0 Å². The second kappa shape index (κ2) is 11.0. The van der Waals surface area contributed by atoms with E-state index in [9.17, 15) is 9.59 Å². The van der Waals surface area contributed by atoms with Gasteiger partial charge in [0, 0.05) is 42.8 Å². The van der Waals surface area contributed by atoms with Gasteiger partial charge in [-0.05, 0) is 35.9 Å². The normalized spacial score (nSPS) is 15.4. The Kier molecular flexibility index (Phi) is 8.14. The van der Waals surface area contributed by atoms with Crippen LogP contribution in [0.25, 0.3) is 6.08 Å². The Labute approximate surface area is 193 Å². The second-order valence-corrected chi connectivity index (χ2v) is 7.66. The minimum Gasteiger partial charge on any atom is -0.497 e. The SMILES string of the molecule is COC(=O)C(c1ccccc1Cl)N1CCN(C(=O)/C=C/c2cc(OC)ccc2OC)CC1. The molecule has 0 bridgehead atoms. The number of hydrogen-bond donors (Lipinski definition) is 0. The highest BCUT2D eigenvalue weighted by Crippen LogP contribution is 2.30. The maximum atomic E-state index is 12.8. The van der Waals surface area contributed by atoms with Gasteiger partial charge < -0.3 is 19.1 Å². The van der Waals surface area contributed by atoms with Crippen molar-refractivity contribution in [3.05, 3.63) is 64.7 Å². The van der Waals surface area contributed by atoms with Crippen LogP contribution in [0.15, 0.2) is 48.5 Å². The lowest BCUT2D eigenvalue weighted by atomic mass is 10.0. The highest BCUT2D eigenvalue weighted by molar-refractivity contribution is 6.31. The third-order valence-electron chi connectivity index (χ3n) is 5.46. The van der Waals surface area contributed by atoms with Gasteiger partial charge in [-0.1, -0.05) is 29.8 Å². The van der Waals surface area contributed by atoms with Crippen LogP contribution in [0.4, 0.5) is 0 Å². The number of hydrogen-bond acceptors (Lipinski definition) is 6. The number of rotatable bonds is 7. The molecule has 1 aliphatic rings. The number of amides is 1. The standard InChI is InChI=1S/C24H27ClN2O5/c1-30-18-9-10-21(31-2)17(16-18)8-11-22(28)26-12-14-27(15-13-26)23(24(29)32-3)19-6-4-5-7-20(19)25/h4-11,16,23H,12-15H2,1-3H3/b11-8+. The fourth-order valence-electron chi connectivity index (χ4n) is 3.72. The predicted molar refractivity (Wildman–Crippen MR) is 123 cm³/mol. The molecule has 0 spiro atoms. The Morgan fingerprint density at radius 1 is 1.00 bits per heavy atom. The Morgan fingerprint density at radius 3 is 2.34 bits per heavy atom. The summed E-state index contributed by atoms with van der Waals surface area (Å²) in [5.41, 5.74) is 1.45. The third kappa shape index (κ3) is 5.41. The van der Waals surface area contributed by atoms with Crippen LogP contribution in [0, 0.1) is 0 Å². The van der Waals surface area contributed by atoms with Crippen LogP contribution in [0.1, 0.15) is 17.2 Å². The third-order valence-corrected chi connectivity index (χ3v) is 5.80. The highest BCUT2D eigenvalue weighted by atomic mass is 35.5. The second-order valence-electron chi connectivity index (χ2n) is 7.25. The van der Waals surface area contributed by atoms with Gasteiger partial charge in [0.15, 0.2) is 0 Å². The smallest absolute Gasteiger partial charge is 0.327 e. The summed E-state index contributed by atoms with van der Waals surface area (Å²) in [4.78, 5) is 29.0. The summed E-state index contributed by atoms with van der Waals surface area (Å²) in [5, 5.41) is 0.511. The number of piperazine rings is 1. The molecule has 0 aromatic heterocycles. The van der Waals surface area contributed by atoms with E-state index in [1.807, 2.05) is 29.2 Å². The van der Waals surface area contributed by atoms with Crippen molar-refractivity contribution in [2.24, 2.45) is 0 Å². The summed E-state index contributed by atoms with van der Waals surface area (Å²) >= 11 is 6.34. The molecular formula is C24H27ClN2O5. The molecule has 1 atom stereocenters. The van der Waals surface area contributed by atoms with Gasteiger partial charge >= 0.3 is 5.97 Å². The first-order chi connectivity index (χ1) is 15.5. The number of carbonyl (C=O) groups is 2. The molecule has 170 valence electrons. The van der Waals surface area contributed by atoms with Crippen molar-refractivity contribution in [2.45, 2.75) is 6.04 Å². The molecule has 1 heterocycles. The lowest BCUT2D eigenvalue weighted by Gasteiger charge is -2.38. The summed E-state index contributed by atoms with van der Waals surface area (Å²) in [5.74, 6) is 0.852. The number of methoxy groups -OCH3 is 3. The number of benzene rings is 2. The molecule has 1 aliphatic heterocycles. The topological polar surface area (TPSA) is 68.3 Å². The Balaban J connectivity index is 1.68. The zero-order chi connectivity index (χ0) is 23.1. The summed E-state index contributed by atoms with van der Waals surface area (Å²) in [6.07, 6.45) is 3.25. The number of halogens is 1. The van der Waals surface area contributed by atoms with Crippen molar-refractivity contribution in [1.82, 2.24) is 9.80 Å². The molecule has 1 fully saturated rings. The molecule has 2 aromatic rings. The molecule has 0 saturated carbocycles. The molecule has 1 unspecified atom stereocenters. The lowest BCUT2D eigenvalue weighted by Crippen LogP contribution is -2.50. The number of ether oxygens (including phenoxy) is 3. The van der Waals surface area contributed by atoms with E-state index in [0.717, 1.165) is 5.56 Å². The number of nitrogens with zero attached hydrogens (tertiary/aromatic N) is 2. The van der Waals surface area contributed by atoms with E-state index < -0.39 is 6.04 Å². The van der Waals surface area contributed by atoms with Crippen molar-refractivity contribution in [1.29, 1.82) is 0 Å². The number of esters is 1. The Bertz CT molecular complexity index is 986. The molecule has 1 amide bonds. The van der Waals surface area contributed by atoms with Crippen LogP contribution >= 0.6 is 11.6 Å². The van der Waals surface area contributed by atoms with Crippen molar-refractivity contribution < 1.29 is 23.8 Å². The molecule has 2 aromatic carbocycles. The van der Waals surface area contributed by atoms with Gasteiger partial charge in [-0.15, -0.1) is 0 Å². The van der Waals surface area contributed by atoms with E-state index in [4.69, 9.17) is 25.8 Å². The minimum atomic E-state index is -0.609. The Morgan fingerprint density at radius 2 is 1.72 bits per heavy atom. The first kappa shape index (κ1) is 23.6. The monoisotopic (exact) mass is 458 g/mol. The van der Waals surface area contributed by atoms with Crippen molar-refractivity contribution in [3.63, 3.8) is 0 Å². The first-order valence-electron chi connectivity index (χ1n) is 10.2. The predicted octanol–water partition coefficient (Wildman–Crippen LogP) is 3.43. The molecule has 32 heavy (non-hydrogen) atoms. The maximum Gasteiger partial charge on any atom is 0.327 e. The van der Waals surface area contributed by atoms with Crippen molar-refractivity contribution >= 4 is 29.6 Å². The van der Waals surface area contributed by atoms with Gasteiger partial charge in [-0.3, -0.25) is 9.69 Å². The minimum absolute atomic E-state index is 0.109. The highest BCUT2D eigenvalue weighted by Gasteiger charge is 2.33. The average Bonchev–Trinajstić information content (AvgIpc) is 2.83. The van der Waals surface area contributed by atoms with Gasteiger partial charge in [-0.25, -0.2) is 4.79 Å². The van der Waals surface area contributed by atoms with Gasteiger partial charge in [0.1, 0.15) is 17.5 Å². The molecule has 8 heteroatoms. The molecule has 0 aliphatic carbocycles. The summed E-state index contributed by atoms with van der Waals surface area (Å²) in [6, 6.07) is 12.0. The van der Waals surface area contributed by atoms with E-state index in [0.29, 0.717) is 48.3 Å². The van der Waals surface area contributed by atoms with E-state index in [2.05, 4.69) is 0 Å². The van der Waals surface area contributed by atoms with Gasteiger partial charge in [0.05, 0.1) is 21.3 Å².